The molecule has 10 heteroatoms. The summed E-state index contributed by atoms with van der Waals surface area (Å²) >= 11 is 0. The fraction of sp³-hybridized carbons (Fsp3) is 0.385. The van der Waals surface area contributed by atoms with Gasteiger partial charge < -0.3 is 20.1 Å². The van der Waals surface area contributed by atoms with E-state index in [2.05, 4.69) is 16.3 Å². The van der Waals surface area contributed by atoms with Crippen LogP contribution in [0.1, 0.15) is 25.0 Å². The van der Waals surface area contributed by atoms with Gasteiger partial charge in [0, 0.05) is 36.8 Å². The summed E-state index contributed by atoms with van der Waals surface area (Å²) in [6.07, 6.45) is -1.01. The number of hydrogen-bond acceptors (Lipinski definition) is 7. The fourth-order valence-electron chi connectivity index (χ4n) is 5.06. The lowest BCUT2D eigenvalue weighted by Gasteiger charge is -2.32. The van der Waals surface area contributed by atoms with E-state index in [0.29, 0.717) is 31.1 Å². The Bertz CT molecular complexity index is 1310. The molecule has 9 nitrogen and oxygen atoms in total. The van der Waals surface area contributed by atoms with Gasteiger partial charge in [0.05, 0.1) is 28.8 Å². The molecule has 0 spiro atoms. The molecule has 1 amide bonds. The van der Waals surface area contributed by atoms with Gasteiger partial charge in [-0.3, -0.25) is 14.0 Å². The van der Waals surface area contributed by atoms with Crippen molar-refractivity contribution in [2.45, 2.75) is 44.0 Å². The van der Waals surface area contributed by atoms with Crippen molar-refractivity contribution in [3.63, 3.8) is 0 Å². The molecule has 5 rings (SSSR count). The van der Waals surface area contributed by atoms with Crippen LogP contribution < -0.4 is 10.2 Å². The number of rotatable bonds is 4. The molecular formula is C26H32N4O5S. The van der Waals surface area contributed by atoms with Crippen molar-refractivity contribution in [3.05, 3.63) is 59.7 Å². The summed E-state index contributed by atoms with van der Waals surface area (Å²) in [5.74, 6) is 0.946. The molecule has 2 aliphatic heterocycles. The summed E-state index contributed by atoms with van der Waals surface area (Å²) in [6, 6.07) is 15.1. The van der Waals surface area contributed by atoms with Crippen molar-refractivity contribution < 1.29 is 23.7 Å². The van der Waals surface area contributed by atoms with Crippen LogP contribution >= 0.6 is 10.6 Å². The SMILES string of the molecule is Cc1ccc2nc(N3CCS(O)(O)c4ccccc4C3)cc(NCC3COC(C)(C)N3C(=O)O)c2c1. The summed E-state index contributed by atoms with van der Waals surface area (Å²) in [6.45, 7) is 7.17. The molecule has 1 aromatic heterocycles. The van der Waals surface area contributed by atoms with Gasteiger partial charge in [-0.2, -0.15) is 10.6 Å². The third kappa shape index (κ3) is 4.57. The molecule has 0 saturated carbocycles. The minimum atomic E-state index is -2.88. The maximum Gasteiger partial charge on any atom is 0.409 e. The van der Waals surface area contributed by atoms with E-state index in [1.54, 1.807) is 19.9 Å². The van der Waals surface area contributed by atoms with E-state index in [0.717, 1.165) is 33.5 Å². The highest BCUT2D eigenvalue weighted by Crippen LogP contribution is 2.51. The topological polar surface area (TPSA) is 118 Å². The number of aryl methyl sites for hydroxylation is 1. The number of carboxylic acid groups (broad SMARTS) is 1. The summed E-state index contributed by atoms with van der Waals surface area (Å²) < 4.78 is 27.3. The summed E-state index contributed by atoms with van der Waals surface area (Å²) in [4.78, 5) is 20.8. The van der Waals surface area contributed by atoms with Gasteiger partial charge in [-0.15, -0.1) is 0 Å². The Morgan fingerprint density at radius 3 is 2.78 bits per heavy atom. The molecule has 3 aromatic rings. The van der Waals surface area contributed by atoms with Gasteiger partial charge in [0.1, 0.15) is 11.5 Å². The van der Waals surface area contributed by atoms with Gasteiger partial charge in [0.25, 0.3) is 0 Å². The van der Waals surface area contributed by atoms with Crippen LogP contribution in [0, 0.1) is 6.92 Å². The molecule has 0 radical (unpaired) electrons. The van der Waals surface area contributed by atoms with Crippen molar-refractivity contribution in [2.24, 2.45) is 0 Å². The number of pyridine rings is 1. The molecule has 4 N–H and O–H groups in total. The second kappa shape index (κ2) is 9.11. The van der Waals surface area contributed by atoms with E-state index < -0.39 is 22.4 Å². The van der Waals surface area contributed by atoms with Crippen molar-refractivity contribution in [2.75, 3.05) is 35.7 Å². The summed E-state index contributed by atoms with van der Waals surface area (Å²) in [5, 5.41) is 14.2. The molecule has 36 heavy (non-hydrogen) atoms. The first-order chi connectivity index (χ1) is 17.0. The van der Waals surface area contributed by atoms with E-state index in [4.69, 9.17) is 9.72 Å². The lowest BCUT2D eigenvalue weighted by molar-refractivity contribution is -0.0416. The Labute approximate surface area is 212 Å². The van der Waals surface area contributed by atoms with Crippen LogP contribution in [0.2, 0.25) is 0 Å². The minimum Gasteiger partial charge on any atom is -0.465 e. The van der Waals surface area contributed by atoms with E-state index >= 15 is 0 Å². The van der Waals surface area contributed by atoms with Gasteiger partial charge >= 0.3 is 6.09 Å². The minimum absolute atomic E-state index is 0.225. The van der Waals surface area contributed by atoms with E-state index in [-0.39, 0.29) is 11.8 Å². The van der Waals surface area contributed by atoms with Crippen molar-refractivity contribution in [3.8, 4) is 0 Å². The fourth-order valence-corrected chi connectivity index (χ4v) is 6.61. The second-order valence-electron chi connectivity index (χ2n) is 9.89. The number of nitrogens with zero attached hydrogens (tertiary/aromatic N) is 3. The molecule has 1 unspecified atom stereocenters. The zero-order chi connectivity index (χ0) is 25.7. The number of fused-ring (bicyclic) bond motifs is 2. The molecule has 3 heterocycles. The zero-order valence-electron chi connectivity index (χ0n) is 20.6. The number of carbonyl (C=O) groups is 1. The van der Waals surface area contributed by atoms with Gasteiger partial charge in [-0.05, 0) is 44.5 Å². The Kier molecular flexibility index (Phi) is 6.24. The highest BCUT2D eigenvalue weighted by molar-refractivity contribution is 8.24. The van der Waals surface area contributed by atoms with Crippen molar-refractivity contribution in [1.29, 1.82) is 0 Å². The van der Waals surface area contributed by atoms with Crippen LogP contribution in [0.3, 0.4) is 0 Å². The van der Waals surface area contributed by atoms with Crippen LogP contribution in [-0.4, -0.2) is 67.4 Å². The van der Waals surface area contributed by atoms with Crippen LogP contribution in [0.25, 0.3) is 10.9 Å². The molecule has 2 aromatic carbocycles. The van der Waals surface area contributed by atoms with Crippen LogP contribution in [0.5, 0.6) is 0 Å². The van der Waals surface area contributed by atoms with E-state index in [1.807, 2.05) is 43.3 Å². The summed E-state index contributed by atoms with van der Waals surface area (Å²) in [7, 11) is -2.88. The number of ether oxygens (including phenoxy) is 1. The first kappa shape index (κ1) is 24.6. The molecule has 0 bridgehead atoms. The third-order valence-corrected chi connectivity index (χ3v) is 8.77. The summed E-state index contributed by atoms with van der Waals surface area (Å²) in [5.41, 5.74) is 2.73. The highest BCUT2D eigenvalue weighted by atomic mass is 32.3. The number of aromatic nitrogens is 1. The standard InChI is InChI=1S/C26H32N4O5S/c1-17-8-9-21-20(12-17)22(27-14-19-16-35-26(2,3)30(19)25(31)32)13-24(28-21)29-10-11-36(33,34)23-7-5-4-6-18(23)15-29/h4-9,12-13,19,33-34H,10-11,14-16H2,1-3H3,(H,27,28)(H,31,32). The van der Waals surface area contributed by atoms with Gasteiger partial charge in [0.15, 0.2) is 0 Å². The Hall–Kier alpha value is -3.05. The lowest BCUT2D eigenvalue weighted by Crippen LogP contribution is -2.49. The number of anilines is 2. The van der Waals surface area contributed by atoms with Crippen molar-refractivity contribution >= 4 is 39.1 Å². The molecule has 1 atom stereocenters. The predicted octanol–water partition coefficient (Wildman–Crippen LogP) is 5.20. The first-order valence-electron chi connectivity index (χ1n) is 12.0. The van der Waals surface area contributed by atoms with Crippen LogP contribution in [0.4, 0.5) is 16.3 Å². The van der Waals surface area contributed by atoms with E-state index in [1.165, 1.54) is 4.90 Å². The van der Waals surface area contributed by atoms with Crippen molar-refractivity contribution in [1.82, 2.24) is 9.88 Å². The average Bonchev–Trinajstić information content (AvgIpc) is 3.06. The monoisotopic (exact) mass is 512 g/mol. The third-order valence-electron chi connectivity index (χ3n) is 6.91. The number of amides is 1. The Balaban J connectivity index is 1.49. The predicted molar refractivity (Wildman–Crippen MR) is 142 cm³/mol. The first-order valence-corrected chi connectivity index (χ1v) is 13.7. The van der Waals surface area contributed by atoms with E-state index in [9.17, 15) is 19.0 Å². The second-order valence-corrected chi connectivity index (χ2v) is 12.1. The number of nitrogens with one attached hydrogen (secondary N) is 1. The molecule has 1 fully saturated rings. The maximum atomic E-state index is 11.9. The Morgan fingerprint density at radius 1 is 1.22 bits per heavy atom. The molecule has 0 aliphatic carbocycles. The average molecular weight is 513 g/mol. The molecule has 192 valence electrons. The zero-order valence-corrected chi connectivity index (χ0v) is 21.5. The molecule has 2 aliphatic rings. The quantitative estimate of drug-likeness (QED) is 0.377. The largest absolute Gasteiger partial charge is 0.465 e. The Morgan fingerprint density at radius 2 is 2.00 bits per heavy atom. The normalized spacial score (nSPS) is 21.6. The van der Waals surface area contributed by atoms with Gasteiger partial charge in [0.2, 0.25) is 0 Å². The molecule has 1 saturated heterocycles. The van der Waals surface area contributed by atoms with Crippen LogP contribution in [0.15, 0.2) is 53.4 Å². The van der Waals surface area contributed by atoms with Gasteiger partial charge in [-0.1, -0.05) is 29.8 Å². The number of benzene rings is 2. The number of hydrogen-bond donors (Lipinski definition) is 4. The van der Waals surface area contributed by atoms with Crippen LogP contribution in [-0.2, 0) is 11.3 Å². The highest BCUT2D eigenvalue weighted by Gasteiger charge is 2.43. The molecular weight excluding hydrogens is 480 g/mol. The lowest BCUT2D eigenvalue weighted by atomic mass is 10.1. The maximum absolute atomic E-state index is 11.9. The van der Waals surface area contributed by atoms with Gasteiger partial charge in [-0.25, -0.2) is 9.78 Å². The smallest absolute Gasteiger partial charge is 0.409 e.